The van der Waals surface area contributed by atoms with Crippen molar-refractivity contribution in [2.24, 2.45) is 5.92 Å². The van der Waals surface area contributed by atoms with Gasteiger partial charge in [-0.2, -0.15) is 0 Å². The van der Waals surface area contributed by atoms with E-state index in [2.05, 4.69) is 5.32 Å². The first-order valence-electron chi connectivity index (χ1n) is 5.70. The second kappa shape index (κ2) is 7.04. The van der Waals surface area contributed by atoms with Crippen LogP contribution in [-0.4, -0.2) is 25.1 Å². The Morgan fingerprint density at radius 1 is 1.35 bits per heavy atom. The third-order valence-corrected chi connectivity index (χ3v) is 3.79. The summed E-state index contributed by atoms with van der Waals surface area (Å²) in [5, 5.41) is 3.28. The minimum atomic E-state index is 0. The van der Waals surface area contributed by atoms with Gasteiger partial charge < -0.3 is 5.32 Å². The Balaban J connectivity index is 0.00000144. The summed E-state index contributed by atoms with van der Waals surface area (Å²) in [6.45, 7) is 1.89. The average Bonchev–Trinajstić information content (AvgIpc) is 2.39. The van der Waals surface area contributed by atoms with Crippen molar-refractivity contribution >= 4 is 30.0 Å². The van der Waals surface area contributed by atoms with Gasteiger partial charge in [-0.05, 0) is 37.8 Å². The molecule has 0 saturated carbocycles. The fraction of sp³-hybridized carbons (Fsp3) is 0.462. The number of benzene rings is 1. The molecule has 1 fully saturated rings. The van der Waals surface area contributed by atoms with Gasteiger partial charge in [0.15, 0.2) is 5.78 Å². The molecule has 1 aliphatic rings. The molecule has 0 amide bonds. The molecular formula is C13H18ClNOS. The molecule has 1 aromatic carbocycles. The SMILES string of the molecule is CSc1ccc(C(=O)C2CCCNC2)cc1.Cl. The number of halogens is 1. The smallest absolute Gasteiger partial charge is 0.167 e. The molecule has 0 radical (unpaired) electrons. The number of piperidine rings is 1. The zero-order chi connectivity index (χ0) is 11.4. The molecule has 94 valence electrons. The number of Topliss-reactive ketones (excluding diaryl/α,β-unsaturated/α-hetero) is 1. The maximum atomic E-state index is 12.2. The molecule has 1 heterocycles. The summed E-state index contributed by atoms with van der Waals surface area (Å²) in [7, 11) is 0. The zero-order valence-corrected chi connectivity index (χ0v) is 11.6. The third-order valence-electron chi connectivity index (χ3n) is 3.04. The van der Waals surface area contributed by atoms with Crippen LogP contribution in [0.25, 0.3) is 0 Å². The number of ketones is 1. The zero-order valence-electron chi connectivity index (χ0n) is 9.94. The summed E-state index contributed by atoms with van der Waals surface area (Å²) in [5.74, 6) is 0.466. The highest BCUT2D eigenvalue weighted by Crippen LogP contribution is 2.19. The summed E-state index contributed by atoms with van der Waals surface area (Å²) in [4.78, 5) is 13.4. The monoisotopic (exact) mass is 271 g/mol. The van der Waals surface area contributed by atoms with Crippen LogP contribution in [0.15, 0.2) is 29.2 Å². The van der Waals surface area contributed by atoms with Gasteiger partial charge >= 0.3 is 0 Å². The lowest BCUT2D eigenvalue weighted by molar-refractivity contribution is 0.0899. The lowest BCUT2D eigenvalue weighted by Crippen LogP contribution is -2.34. The largest absolute Gasteiger partial charge is 0.316 e. The van der Waals surface area contributed by atoms with Crippen molar-refractivity contribution in [1.29, 1.82) is 0 Å². The van der Waals surface area contributed by atoms with E-state index >= 15 is 0 Å². The van der Waals surface area contributed by atoms with Crippen LogP contribution in [0.3, 0.4) is 0 Å². The average molecular weight is 272 g/mol. The van der Waals surface area contributed by atoms with E-state index in [9.17, 15) is 4.79 Å². The molecule has 17 heavy (non-hydrogen) atoms. The Bertz CT molecular complexity index is 360. The van der Waals surface area contributed by atoms with E-state index in [1.54, 1.807) is 11.8 Å². The van der Waals surface area contributed by atoms with Gasteiger partial charge in [0.25, 0.3) is 0 Å². The number of hydrogen-bond acceptors (Lipinski definition) is 3. The van der Waals surface area contributed by atoms with Gasteiger partial charge in [0.2, 0.25) is 0 Å². The van der Waals surface area contributed by atoms with Crippen molar-refractivity contribution in [3.05, 3.63) is 29.8 Å². The second-order valence-electron chi connectivity index (χ2n) is 4.14. The first-order valence-corrected chi connectivity index (χ1v) is 6.92. The summed E-state index contributed by atoms with van der Waals surface area (Å²) in [6.07, 6.45) is 4.18. The number of thioether (sulfide) groups is 1. The topological polar surface area (TPSA) is 29.1 Å². The fourth-order valence-electron chi connectivity index (χ4n) is 2.07. The lowest BCUT2D eigenvalue weighted by Gasteiger charge is -2.21. The molecule has 1 unspecified atom stereocenters. The molecule has 2 rings (SSSR count). The molecule has 2 nitrogen and oxygen atoms in total. The van der Waals surface area contributed by atoms with E-state index in [1.165, 1.54) is 4.90 Å². The Labute approximate surface area is 113 Å². The molecule has 0 aliphatic carbocycles. The highest BCUT2D eigenvalue weighted by molar-refractivity contribution is 7.98. The quantitative estimate of drug-likeness (QED) is 0.677. The van der Waals surface area contributed by atoms with Gasteiger partial charge in [0, 0.05) is 22.9 Å². The Hall–Kier alpha value is -0.510. The summed E-state index contributed by atoms with van der Waals surface area (Å²) < 4.78 is 0. The number of carbonyl (C=O) groups excluding carboxylic acids is 1. The maximum Gasteiger partial charge on any atom is 0.167 e. The normalized spacial score (nSPS) is 19.5. The van der Waals surface area contributed by atoms with Gasteiger partial charge in [-0.3, -0.25) is 4.79 Å². The van der Waals surface area contributed by atoms with E-state index in [4.69, 9.17) is 0 Å². The molecule has 0 bridgehead atoms. The van der Waals surface area contributed by atoms with E-state index in [-0.39, 0.29) is 18.3 Å². The van der Waals surface area contributed by atoms with Gasteiger partial charge in [-0.1, -0.05) is 12.1 Å². The minimum absolute atomic E-state index is 0. The van der Waals surface area contributed by atoms with E-state index in [0.717, 1.165) is 31.5 Å². The van der Waals surface area contributed by atoms with Crippen LogP contribution in [-0.2, 0) is 0 Å². The Kier molecular flexibility index (Phi) is 6.03. The van der Waals surface area contributed by atoms with Gasteiger partial charge in [-0.15, -0.1) is 24.2 Å². The molecular weight excluding hydrogens is 254 g/mol. The number of carbonyl (C=O) groups is 1. The number of rotatable bonds is 3. The summed E-state index contributed by atoms with van der Waals surface area (Å²) in [5.41, 5.74) is 0.853. The van der Waals surface area contributed by atoms with Crippen LogP contribution in [0, 0.1) is 5.92 Å². The fourth-order valence-corrected chi connectivity index (χ4v) is 2.47. The molecule has 1 aliphatic heterocycles. The van der Waals surface area contributed by atoms with Crippen molar-refractivity contribution in [1.82, 2.24) is 5.32 Å². The molecule has 0 aromatic heterocycles. The summed E-state index contributed by atoms with van der Waals surface area (Å²) in [6, 6.07) is 7.94. The number of hydrogen-bond donors (Lipinski definition) is 1. The predicted molar refractivity (Wildman–Crippen MR) is 75.4 cm³/mol. The van der Waals surface area contributed by atoms with Crippen molar-refractivity contribution in [2.45, 2.75) is 17.7 Å². The first kappa shape index (κ1) is 14.6. The Morgan fingerprint density at radius 2 is 2.06 bits per heavy atom. The molecule has 1 saturated heterocycles. The molecule has 1 aromatic rings. The van der Waals surface area contributed by atoms with Gasteiger partial charge in [-0.25, -0.2) is 0 Å². The highest BCUT2D eigenvalue weighted by Gasteiger charge is 2.21. The van der Waals surface area contributed by atoms with Crippen LogP contribution in [0.2, 0.25) is 0 Å². The van der Waals surface area contributed by atoms with E-state index in [1.807, 2.05) is 30.5 Å². The van der Waals surface area contributed by atoms with Crippen LogP contribution < -0.4 is 5.32 Å². The van der Waals surface area contributed by atoms with Gasteiger partial charge in [0.1, 0.15) is 0 Å². The number of nitrogens with one attached hydrogen (secondary N) is 1. The minimum Gasteiger partial charge on any atom is -0.316 e. The van der Waals surface area contributed by atoms with Crippen molar-refractivity contribution < 1.29 is 4.79 Å². The lowest BCUT2D eigenvalue weighted by atomic mass is 9.91. The highest BCUT2D eigenvalue weighted by atomic mass is 35.5. The Morgan fingerprint density at radius 3 is 2.59 bits per heavy atom. The van der Waals surface area contributed by atoms with Gasteiger partial charge in [0.05, 0.1) is 0 Å². The van der Waals surface area contributed by atoms with Crippen LogP contribution >= 0.6 is 24.2 Å². The van der Waals surface area contributed by atoms with Crippen LogP contribution in [0.5, 0.6) is 0 Å². The van der Waals surface area contributed by atoms with E-state index < -0.39 is 0 Å². The molecule has 0 spiro atoms. The third kappa shape index (κ3) is 3.73. The summed E-state index contributed by atoms with van der Waals surface area (Å²) >= 11 is 1.70. The van der Waals surface area contributed by atoms with Crippen LogP contribution in [0.4, 0.5) is 0 Å². The molecule has 1 N–H and O–H groups in total. The maximum absolute atomic E-state index is 12.2. The predicted octanol–water partition coefficient (Wildman–Crippen LogP) is 3.01. The molecule has 1 atom stereocenters. The van der Waals surface area contributed by atoms with Crippen molar-refractivity contribution in [3.8, 4) is 0 Å². The van der Waals surface area contributed by atoms with E-state index in [0.29, 0.717) is 5.78 Å². The first-order chi connectivity index (χ1) is 7.81. The standard InChI is InChI=1S/C13H17NOS.ClH/c1-16-12-6-4-10(5-7-12)13(15)11-3-2-8-14-9-11;/h4-7,11,14H,2-3,8-9H2,1H3;1H. The van der Waals surface area contributed by atoms with Crippen molar-refractivity contribution in [2.75, 3.05) is 19.3 Å². The molecule has 4 heteroatoms. The van der Waals surface area contributed by atoms with Crippen LogP contribution in [0.1, 0.15) is 23.2 Å². The second-order valence-corrected chi connectivity index (χ2v) is 5.02. The van der Waals surface area contributed by atoms with Crippen molar-refractivity contribution in [3.63, 3.8) is 0 Å².